The molecule has 0 aromatic heterocycles. The van der Waals surface area contributed by atoms with Gasteiger partial charge < -0.3 is 5.32 Å². The summed E-state index contributed by atoms with van der Waals surface area (Å²) in [5, 5.41) is 3.23. The Morgan fingerprint density at radius 2 is 1.75 bits per heavy atom. The predicted molar refractivity (Wildman–Crippen MR) is 68.3 cm³/mol. The van der Waals surface area contributed by atoms with Crippen LogP contribution in [0.2, 0.25) is 0 Å². The lowest BCUT2D eigenvalue weighted by molar-refractivity contribution is -0.125. The molecule has 1 saturated carbocycles. The molecule has 1 atom stereocenters. The number of carbonyl (C=O) groups is 1. The highest BCUT2D eigenvalue weighted by molar-refractivity contribution is 5.78. The molecule has 0 aromatic carbocycles. The van der Waals surface area contributed by atoms with Crippen molar-refractivity contribution >= 4 is 5.91 Å². The molecule has 1 fully saturated rings. The first-order valence-electron chi connectivity index (χ1n) is 7.04. The van der Waals surface area contributed by atoms with Gasteiger partial charge in [-0.15, -0.1) is 0 Å². The predicted octanol–water partition coefficient (Wildman–Crippen LogP) is 3.65. The van der Waals surface area contributed by atoms with Crippen LogP contribution in [0.4, 0.5) is 0 Å². The summed E-state index contributed by atoms with van der Waals surface area (Å²) in [7, 11) is 0. The quantitative estimate of drug-likeness (QED) is 0.777. The Balaban J connectivity index is 2.29. The van der Waals surface area contributed by atoms with Gasteiger partial charge in [0.25, 0.3) is 0 Å². The zero-order chi connectivity index (χ0) is 11.8. The molecular formula is C14H27NO. The van der Waals surface area contributed by atoms with E-state index in [2.05, 4.69) is 12.2 Å². The standard InChI is InChI=1S/C14H27NO/c1-3-9-12(2)14(16)15-13-10-7-5-4-6-8-11-13/h12-13H,3-11H2,1-2H3,(H,15,16). The molecule has 94 valence electrons. The lowest BCUT2D eigenvalue weighted by Crippen LogP contribution is -2.38. The molecule has 0 bridgehead atoms. The van der Waals surface area contributed by atoms with E-state index in [1.165, 1.54) is 44.9 Å². The molecule has 0 aromatic rings. The highest BCUT2D eigenvalue weighted by Gasteiger charge is 2.17. The van der Waals surface area contributed by atoms with Crippen molar-refractivity contribution in [2.24, 2.45) is 5.92 Å². The highest BCUT2D eigenvalue weighted by Crippen LogP contribution is 2.17. The topological polar surface area (TPSA) is 29.1 Å². The van der Waals surface area contributed by atoms with E-state index in [-0.39, 0.29) is 11.8 Å². The normalized spacial score (nSPS) is 20.9. The minimum atomic E-state index is 0.190. The van der Waals surface area contributed by atoms with E-state index in [9.17, 15) is 4.79 Å². The molecular weight excluding hydrogens is 198 g/mol. The number of hydrogen-bond acceptors (Lipinski definition) is 1. The van der Waals surface area contributed by atoms with E-state index in [4.69, 9.17) is 0 Å². The van der Waals surface area contributed by atoms with Gasteiger partial charge in [-0.2, -0.15) is 0 Å². The molecule has 2 nitrogen and oxygen atoms in total. The van der Waals surface area contributed by atoms with E-state index in [0.717, 1.165) is 12.8 Å². The Bertz CT molecular complexity index is 195. The first-order valence-corrected chi connectivity index (χ1v) is 7.04. The average molecular weight is 225 g/mol. The fourth-order valence-electron chi connectivity index (χ4n) is 2.51. The van der Waals surface area contributed by atoms with E-state index in [1.807, 2.05) is 6.92 Å². The van der Waals surface area contributed by atoms with Crippen molar-refractivity contribution in [1.82, 2.24) is 5.32 Å². The fraction of sp³-hybridized carbons (Fsp3) is 0.929. The minimum Gasteiger partial charge on any atom is -0.353 e. The lowest BCUT2D eigenvalue weighted by Gasteiger charge is -2.22. The maximum atomic E-state index is 11.9. The number of carbonyl (C=O) groups excluding carboxylic acids is 1. The second-order valence-corrected chi connectivity index (χ2v) is 5.24. The molecule has 1 aliphatic carbocycles. The Labute approximate surface area is 100 Å². The molecule has 0 heterocycles. The zero-order valence-corrected chi connectivity index (χ0v) is 10.9. The number of nitrogens with one attached hydrogen (secondary N) is 1. The summed E-state index contributed by atoms with van der Waals surface area (Å²) in [6.07, 6.45) is 11.1. The molecule has 1 unspecified atom stereocenters. The number of amides is 1. The highest BCUT2D eigenvalue weighted by atomic mass is 16.1. The van der Waals surface area contributed by atoms with Crippen LogP contribution in [0.15, 0.2) is 0 Å². The number of hydrogen-bond donors (Lipinski definition) is 1. The second kappa shape index (κ2) is 7.70. The minimum absolute atomic E-state index is 0.190. The van der Waals surface area contributed by atoms with Crippen molar-refractivity contribution in [3.05, 3.63) is 0 Å². The van der Waals surface area contributed by atoms with Crippen LogP contribution in [0.5, 0.6) is 0 Å². The van der Waals surface area contributed by atoms with Crippen LogP contribution in [-0.4, -0.2) is 11.9 Å². The second-order valence-electron chi connectivity index (χ2n) is 5.24. The van der Waals surface area contributed by atoms with Gasteiger partial charge in [-0.1, -0.05) is 52.4 Å². The van der Waals surface area contributed by atoms with Crippen molar-refractivity contribution < 1.29 is 4.79 Å². The van der Waals surface area contributed by atoms with Crippen LogP contribution in [0.3, 0.4) is 0 Å². The SMILES string of the molecule is CCCC(C)C(=O)NC1CCCCCCC1. The third-order valence-electron chi connectivity index (χ3n) is 3.62. The van der Waals surface area contributed by atoms with Crippen molar-refractivity contribution in [3.8, 4) is 0 Å². The Kier molecular flexibility index (Phi) is 6.51. The molecule has 1 amide bonds. The van der Waals surface area contributed by atoms with Crippen LogP contribution in [0.1, 0.15) is 71.6 Å². The van der Waals surface area contributed by atoms with Crippen LogP contribution in [0.25, 0.3) is 0 Å². The Morgan fingerprint density at radius 1 is 1.19 bits per heavy atom. The summed E-state index contributed by atoms with van der Waals surface area (Å²) in [5.74, 6) is 0.461. The van der Waals surface area contributed by atoms with Crippen molar-refractivity contribution in [3.63, 3.8) is 0 Å². The molecule has 1 aliphatic rings. The van der Waals surface area contributed by atoms with Crippen molar-refractivity contribution in [2.75, 3.05) is 0 Å². The Hall–Kier alpha value is -0.530. The van der Waals surface area contributed by atoms with Crippen molar-refractivity contribution in [2.45, 2.75) is 77.7 Å². The van der Waals surface area contributed by atoms with Gasteiger partial charge >= 0.3 is 0 Å². The van der Waals surface area contributed by atoms with Gasteiger partial charge in [-0.3, -0.25) is 4.79 Å². The third kappa shape index (κ3) is 5.00. The van der Waals surface area contributed by atoms with Crippen LogP contribution in [0, 0.1) is 5.92 Å². The van der Waals surface area contributed by atoms with Crippen molar-refractivity contribution in [1.29, 1.82) is 0 Å². The summed E-state index contributed by atoms with van der Waals surface area (Å²) >= 11 is 0. The Morgan fingerprint density at radius 3 is 2.31 bits per heavy atom. The summed E-state index contributed by atoms with van der Waals surface area (Å²) in [4.78, 5) is 11.9. The summed E-state index contributed by atoms with van der Waals surface area (Å²) in [6.45, 7) is 4.18. The first kappa shape index (κ1) is 13.5. The van der Waals surface area contributed by atoms with E-state index < -0.39 is 0 Å². The first-order chi connectivity index (χ1) is 7.74. The largest absolute Gasteiger partial charge is 0.353 e. The van der Waals surface area contributed by atoms with Gasteiger partial charge in [0.15, 0.2) is 0 Å². The summed E-state index contributed by atoms with van der Waals surface area (Å²) in [6, 6.07) is 0.451. The maximum Gasteiger partial charge on any atom is 0.223 e. The van der Waals surface area contributed by atoms with Gasteiger partial charge in [-0.25, -0.2) is 0 Å². The fourth-order valence-corrected chi connectivity index (χ4v) is 2.51. The van der Waals surface area contributed by atoms with Crippen LogP contribution in [-0.2, 0) is 4.79 Å². The van der Waals surface area contributed by atoms with Gasteiger partial charge in [0.05, 0.1) is 0 Å². The molecule has 0 spiro atoms. The third-order valence-corrected chi connectivity index (χ3v) is 3.62. The smallest absolute Gasteiger partial charge is 0.223 e. The molecule has 1 N–H and O–H groups in total. The van der Waals surface area contributed by atoms with Crippen LogP contribution >= 0.6 is 0 Å². The van der Waals surface area contributed by atoms with E-state index in [1.54, 1.807) is 0 Å². The van der Waals surface area contributed by atoms with E-state index in [0.29, 0.717) is 6.04 Å². The maximum absolute atomic E-state index is 11.9. The van der Waals surface area contributed by atoms with E-state index >= 15 is 0 Å². The average Bonchev–Trinajstić information content (AvgIpc) is 2.22. The van der Waals surface area contributed by atoms with Gasteiger partial charge in [0.2, 0.25) is 5.91 Å². The molecule has 0 aliphatic heterocycles. The molecule has 0 saturated heterocycles. The summed E-state index contributed by atoms with van der Waals surface area (Å²) in [5.41, 5.74) is 0. The summed E-state index contributed by atoms with van der Waals surface area (Å²) < 4.78 is 0. The molecule has 0 radical (unpaired) electrons. The molecule has 16 heavy (non-hydrogen) atoms. The molecule has 2 heteroatoms. The number of rotatable bonds is 4. The zero-order valence-electron chi connectivity index (χ0n) is 10.9. The van der Waals surface area contributed by atoms with Gasteiger partial charge in [0, 0.05) is 12.0 Å². The van der Waals surface area contributed by atoms with Gasteiger partial charge in [0.1, 0.15) is 0 Å². The van der Waals surface area contributed by atoms with Crippen LogP contribution < -0.4 is 5.32 Å². The molecule has 1 rings (SSSR count). The monoisotopic (exact) mass is 225 g/mol. The van der Waals surface area contributed by atoms with Gasteiger partial charge in [-0.05, 0) is 19.3 Å². The lowest BCUT2D eigenvalue weighted by atomic mass is 9.96.